The average molecular weight is 422 g/mol. The second kappa shape index (κ2) is 10.7. The van der Waals surface area contributed by atoms with Crippen LogP contribution < -0.4 is 10.6 Å². The van der Waals surface area contributed by atoms with Crippen molar-refractivity contribution in [2.75, 3.05) is 18.5 Å². The van der Waals surface area contributed by atoms with Crippen LogP contribution in [0.1, 0.15) is 16.7 Å². The van der Waals surface area contributed by atoms with Gasteiger partial charge in [-0.05, 0) is 55.2 Å². The highest BCUT2D eigenvalue weighted by Crippen LogP contribution is 2.27. The van der Waals surface area contributed by atoms with Crippen LogP contribution in [0.5, 0.6) is 0 Å². The van der Waals surface area contributed by atoms with E-state index in [-0.39, 0.29) is 12.5 Å². The molecule has 0 unspecified atom stereocenters. The molecule has 0 saturated heterocycles. The van der Waals surface area contributed by atoms with Crippen LogP contribution in [-0.2, 0) is 20.8 Å². The first-order valence-electron chi connectivity index (χ1n) is 8.59. The summed E-state index contributed by atoms with van der Waals surface area (Å²) in [7, 11) is 0. The Morgan fingerprint density at radius 3 is 2.54 bits per heavy atom. The van der Waals surface area contributed by atoms with Crippen molar-refractivity contribution < 1.29 is 14.4 Å². The molecule has 2 N–H and O–H groups in total. The predicted molar refractivity (Wildman–Crippen MR) is 112 cm³/mol. The maximum absolute atomic E-state index is 11.9. The summed E-state index contributed by atoms with van der Waals surface area (Å²) in [5.74, 6) is -0.832. The minimum atomic E-state index is -0.503. The highest BCUT2D eigenvalue weighted by molar-refractivity contribution is 6.37. The number of halogens is 2. The smallest absolute Gasteiger partial charge is 0.270 e. The molecule has 0 fully saturated rings. The third-order valence-electron chi connectivity index (χ3n) is 3.77. The number of anilines is 1. The normalized spacial score (nSPS) is 10.7. The topological polar surface area (TPSA) is 79.8 Å². The van der Waals surface area contributed by atoms with Crippen molar-refractivity contribution in [2.24, 2.45) is 5.16 Å². The fraction of sp³-hybridized carbons (Fsp3) is 0.250. The SMILES string of the molecule is Cc1cc(C)c(NC(=O)/C=N/OCC(=O)NCCc2ccc(Cl)cc2)c(Cl)c1. The molecular weight excluding hydrogens is 401 g/mol. The minimum Gasteiger partial charge on any atom is -0.386 e. The van der Waals surface area contributed by atoms with Crippen molar-refractivity contribution in [2.45, 2.75) is 20.3 Å². The van der Waals surface area contributed by atoms with E-state index in [1.54, 1.807) is 18.2 Å². The molecule has 28 heavy (non-hydrogen) atoms. The average Bonchev–Trinajstić information content (AvgIpc) is 2.63. The van der Waals surface area contributed by atoms with Gasteiger partial charge in [0.1, 0.15) is 6.21 Å². The van der Waals surface area contributed by atoms with Crippen LogP contribution in [0.15, 0.2) is 41.6 Å². The van der Waals surface area contributed by atoms with E-state index in [0.717, 1.165) is 22.9 Å². The first-order chi connectivity index (χ1) is 13.3. The molecule has 2 aromatic carbocycles. The van der Waals surface area contributed by atoms with E-state index in [1.165, 1.54) is 0 Å². The first-order valence-corrected chi connectivity index (χ1v) is 9.35. The zero-order chi connectivity index (χ0) is 20.5. The first kappa shape index (κ1) is 21.7. The van der Waals surface area contributed by atoms with Crippen molar-refractivity contribution in [3.63, 3.8) is 0 Å². The quantitative estimate of drug-likeness (QED) is 0.500. The molecule has 148 valence electrons. The third kappa shape index (κ3) is 7.21. The Balaban J connectivity index is 1.69. The number of oxime groups is 1. The monoisotopic (exact) mass is 421 g/mol. The molecule has 0 aliphatic rings. The minimum absolute atomic E-state index is 0.283. The second-order valence-corrected chi connectivity index (χ2v) is 7.01. The maximum atomic E-state index is 11.9. The molecule has 0 radical (unpaired) electrons. The van der Waals surface area contributed by atoms with Gasteiger partial charge in [-0.2, -0.15) is 0 Å². The zero-order valence-electron chi connectivity index (χ0n) is 15.6. The lowest BCUT2D eigenvalue weighted by molar-refractivity contribution is -0.125. The van der Waals surface area contributed by atoms with Crippen LogP contribution in [0.25, 0.3) is 0 Å². The van der Waals surface area contributed by atoms with Crippen LogP contribution in [0.4, 0.5) is 5.69 Å². The van der Waals surface area contributed by atoms with Gasteiger partial charge in [0.25, 0.3) is 11.8 Å². The molecule has 0 atom stereocenters. The Kier molecular flexibility index (Phi) is 8.29. The molecule has 2 amide bonds. The molecule has 0 bridgehead atoms. The molecule has 0 aromatic heterocycles. The Hall–Kier alpha value is -2.57. The predicted octanol–water partition coefficient (Wildman–Crippen LogP) is 3.91. The van der Waals surface area contributed by atoms with Gasteiger partial charge in [0.2, 0.25) is 0 Å². The summed E-state index contributed by atoms with van der Waals surface area (Å²) >= 11 is 12.0. The van der Waals surface area contributed by atoms with Crippen LogP contribution >= 0.6 is 23.2 Å². The van der Waals surface area contributed by atoms with E-state index < -0.39 is 5.91 Å². The second-order valence-electron chi connectivity index (χ2n) is 6.16. The number of hydrogen-bond donors (Lipinski definition) is 2. The number of hydrogen-bond acceptors (Lipinski definition) is 4. The van der Waals surface area contributed by atoms with Gasteiger partial charge in [0.05, 0.1) is 10.7 Å². The number of nitrogens with zero attached hydrogens (tertiary/aromatic N) is 1. The fourth-order valence-corrected chi connectivity index (χ4v) is 2.95. The summed E-state index contributed by atoms with van der Waals surface area (Å²) in [5, 5.41) is 9.96. The Bertz CT molecular complexity index is 844. The largest absolute Gasteiger partial charge is 0.386 e. The van der Waals surface area contributed by atoms with Gasteiger partial charge in [0.15, 0.2) is 6.61 Å². The number of amides is 2. The Labute approximate surface area is 173 Å². The van der Waals surface area contributed by atoms with E-state index >= 15 is 0 Å². The molecule has 0 spiro atoms. The van der Waals surface area contributed by atoms with Crippen molar-refractivity contribution in [3.8, 4) is 0 Å². The summed E-state index contributed by atoms with van der Waals surface area (Å²) in [6.45, 7) is 3.94. The van der Waals surface area contributed by atoms with Gasteiger partial charge in [-0.15, -0.1) is 0 Å². The molecule has 0 heterocycles. The van der Waals surface area contributed by atoms with E-state index in [4.69, 9.17) is 28.0 Å². The maximum Gasteiger partial charge on any atom is 0.270 e. The number of carbonyl (C=O) groups excluding carboxylic acids is 2. The third-order valence-corrected chi connectivity index (χ3v) is 4.32. The lowest BCUT2D eigenvalue weighted by Gasteiger charge is -2.09. The molecule has 2 aromatic rings. The van der Waals surface area contributed by atoms with Gasteiger partial charge in [-0.3, -0.25) is 9.59 Å². The highest BCUT2D eigenvalue weighted by Gasteiger charge is 2.08. The summed E-state index contributed by atoms with van der Waals surface area (Å²) in [5.41, 5.74) is 3.42. The molecule has 6 nitrogen and oxygen atoms in total. The number of aryl methyl sites for hydroxylation is 2. The fourth-order valence-electron chi connectivity index (χ4n) is 2.46. The van der Waals surface area contributed by atoms with Crippen molar-refractivity contribution >= 4 is 46.9 Å². The van der Waals surface area contributed by atoms with Crippen molar-refractivity contribution in [1.82, 2.24) is 5.32 Å². The zero-order valence-corrected chi connectivity index (χ0v) is 17.1. The summed E-state index contributed by atoms with van der Waals surface area (Å²) < 4.78 is 0. The Morgan fingerprint density at radius 2 is 1.86 bits per heavy atom. The van der Waals surface area contributed by atoms with Crippen molar-refractivity contribution in [1.29, 1.82) is 0 Å². The Morgan fingerprint density at radius 1 is 1.14 bits per heavy atom. The number of rotatable bonds is 8. The van der Waals surface area contributed by atoms with Crippen molar-refractivity contribution in [3.05, 3.63) is 63.1 Å². The van der Waals surface area contributed by atoms with Gasteiger partial charge < -0.3 is 15.5 Å². The molecule has 0 saturated carbocycles. The van der Waals surface area contributed by atoms with Crippen LogP contribution in [0, 0.1) is 13.8 Å². The molecule has 0 aliphatic heterocycles. The lowest BCUT2D eigenvalue weighted by atomic mass is 10.1. The van der Waals surface area contributed by atoms with Crippen LogP contribution in [0.3, 0.4) is 0 Å². The van der Waals surface area contributed by atoms with Gasteiger partial charge in [0, 0.05) is 11.6 Å². The van der Waals surface area contributed by atoms with E-state index in [2.05, 4.69) is 15.8 Å². The van der Waals surface area contributed by atoms with E-state index in [0.29, 0.717) is 28.7 Å². The number of nitrogens with one attached hydrogen (secondary N) is 2. The highest BCUT2D eigenvalue weighted by atomic mass is 35.5. The van der Waals surface area contributed by atoms with Gasteiger partial charge in [-0.1, -0.05) is 46.6 Å². The summed E-state index contributed by atoms with van der Waals surface area (Å²) in [6.07, 6.45) is 1.63. The lowest BCUT2D eigenvalue weighted by Crippen LogP contribution is -2.29. The van der Waals surface area contributed by atoms with E-state index in [9.17, 15) is 9.59 Å². The summed E-state index contributed by atoms with van der Waals surface area (Å²) in [6, 6.07) is 11.1. The number of carbonyl (C=O) groups is 2. The molecule has 8 heteroatoms. The van der Waals surface area contributed by atoms with Gasteiger partial charge >= 0.3 is 0 Å². The van der Waals surface area contributed by atoms with E-state index in [1.807, 2.05) is 32.0 Å². The van der Waals surface area contributed by atoms with Gasteiger partial charge in [-0.25, -0.2) is 0 Å². The summed E-state index contributed by atoms with van der Waals surface area (Å²) in [4.78, 5) is 28.4. The molecule has 0 aliphatic carbocycles. The molecule has 2 rings (SSSR count). The molecular formula is C20H21Cl2N3O3. The standard InChI is InChI=1S/C20H21Cl2N3O3/c1-13-9-14(2)20(17(22)10-13)25-18(26)11-24-28-12-19(27)23-8-7-15-3-5-16(21)6-4-15/h3-6,9-11H,7-8,12H2,1-2H3,(H,23,27)(H,25,26)/b24-11+. The number of benzene rings is 2. The van der Waals surface area contributed by atoms with Crippen LogP contribution in [-0.4, -0.2) is 31.2 Å². The van der Waals surface area contributed by atoms with Crippen LogP contribution in [0.2, 0.25) is 10.0 Å².